The Morgan fingerprint density at radius 2 is 1.42 bits per heavy atom. The van der Waals surface area contributed by atoms with Crippen molar-refractivity contribution < 1.29 is 94.4 Å². The summed E-state index contributed by atoms with van der Waals surface area (Å²) in [5.74, 6) is -5.80. The highest BCUT2D eigenvalue weighted by atomic mass is 32.5. The van der Waals surface area contributed by atoms with Gasteiger partial charge in [-0.2, -0.15) is 0 Å². The molecule has 12 N–H and O–H groups in total. The SMILES string of the molecule is CC(C)[C@H](NC(=O)CCN1C(=O)C=CC1=O)C(=O)C[C@@H](CCCNC(N)=O)C(=O)Nc1ccc(COC(=O)NCC(=O)N2CCC[C@@H]2C(=O)O[C@@H]2[C@@H]3OP(O)(=S)OC[C@H]4O[C@@H](n5cnc6c(N)ncnc65)[C@H](F)[C@@H]4OP(O)(=S)OC[C@H]3O[C@H]2n2cnc3c(N)ncnc32)cc1. The number of imide groups is 1. The molecular weight excluding hydrogens is 1340 g/mol. The third-order valence-electron chi connectivity index (χ3n) is 15.9. The first-order chi connectivity index (χ1) is 45.2. The summed E-state index contributed by atoms with van der Waals surface area (Å²) in [6.07, 6.45) is -6.87. The molecule has 4 saturated heterocycles. The van der Waals surface area contributed by atoms with Crippen LogP contribution in [-0.4, -0.2) is 200 Å². The summed E-state index contributed by atoms with van der Waals surface area (Å²) in [6, 6.07) is 3.06. The second-order valence-corrected chi connectivity index (χ2v) is 28.3. The number of carbonyl (C=O) groups excluding carboxylic acids is 9. The molecule has 5 aromatic rings. The number of fused-ring (bicyclic) bond motifs is 4. The van der Waals surface area contributed by atoms with Gasteiger partial charge in [0, 0.05) is 56.2 Å². The van der Waals surface area contributed by atoms with Crippen molar-refractivity contribution in [3.8, 4) is 0 Å². The van der Waals surface area contributed by atoms with E-state index in [4.69, 9.17) is 77.9 Å². The molecule has 95 heavy (non-hydrogen) atoms. The zero-order chi connectivity index (χ0) is 68.0. The largest absolute Gasteiger partial charge is 0.453 e. The second-order valence-electron chi connectivity index (χ2n) is 22.7. The van der Waals surface area contributed by atoms with Crippen molar-refractivity contribution in [3.05, 3.63) is 67.3 Å². The van der Waals surface area contributed by atoms with Crippen molar-refractivity contribution in [1.29, 1.82) is 0 Å². The number of rotatable bonds is 22. The zero-order valence-corrected chi connectivity index (χ0v) is 53.9. The highest BCUT2D eigenvalue weighted by molar-refractivity contribution is 8.07. The van der Waals surface area contributed by atoms with Gasteiger partial charge in [0.15, 0.2) is 53.4 Å². The van der Waals surface area contributed by atoms with Gasteiger partial charge in [-0.15, -0.1) is 0 Å². The first-order valence-electron chi connectivity index (χ1n) is 29.6. The highest BCUT2D eigenvalue weighted by Gasteiger charge is 2.55. The lowest BCUT2D eigenvalue weighted by Crippen LogP contribution is -2.48. The van der Waals surface area contributed by atoms with E-state index < -0.39 is 160 Å². The number of nitrogen functional groups attached to an aromatic ring is 2. The molecule has 13 atom stereocenters. The maximum atomic E-state index is 16.6. The van der Waals surface area contributed by atoms with Gasteiger partial charge in [0.05, 0.1) is 31.9 Å². The fourth-order valence-electron chi connectivity index (χ4n) is 11.2. The summed E-state index contributed by atoms with van der Waals surface area (Å²) in [4.78, 5) is 167. The molecule has 8 amide bonds. The smallest absolute Gasteiger partial charge is 0.407 e. The number of aromatic nitrogens is 8. The molecule has 41 heteroatoms. The fourth-order valence-corrected chi connectivity index (χ4v) is 14.1. The molecule has 0 saturated carbocycles. The molecule has 5 aliphatic heterocycles. The number of nitrogens with two attached hydrogens (primary N) is 3. The van der Waals surface area contributed by atoms with E-state index in [1.54, 1.807) is 26.0 Å². The van der Waals surface area contributed by atoms with Gasteiger partial charge in [0.1, 0.15) is 67.3 Å². The number of alkyl halides is 1. The standard InChI is InChI=1S/C54H66FN17O19P2S2/c1-26(2)39(68-34(74)13-16-70-35(75)11-12-36(70)76)31(73)17-28(5-3-14-59-53(58)80)49(78)67-29-9-7-27(8-10-29)19-84-54(81)60-18-37(77)69-15-4-6-30(69)52(79)89-44-43-33(88-51(44)72-25-66-41-46(57)62-23-64-48(41)72)21-86-92(82,94)90-42-32(20-85-93(83,95)91-43)87-50(38(42)55)71-24-65-40-45(56)61-22-63-47(40)71/h7-12,22-26,28,30,32-33,38-39,42-44,50-51H,3-6,13-21H2,1-2H3,(H,60,81)(H,67,78)(H,68,74)(H,82,94)(H,83,95)(H2,56,61,63)(H2,57,62,64)(H3,58,59,80)/t28-,30-,32-,33-,38-,39+,42-,43-,44-,50-,51-,92?,93?/m1/s1. The molecule has 0 aliphatic carbocycles. The number of likely N-dealkylation sites (tertiary alicyclic amines) is 1. The normalized spacial score (nSPS) is 26.7. The Morgan fingerprint density at radius 3 is 2.04 bits per heavy atom. The second kappa shape index (κ2) is 29.8. The number of imidazole rings is 2. The minimum absolute atomic E-state index is 0.00216. The number of Topliss-reactive ketones (excluding diaryl/α,β-unsaturated/α-hetero) is 1. The lowest BCUT2D eigenvalue weighted by molar-refractivity contribution is -0.165. The van der Waals surface area contributed by atoms with Crippen LogP contribution >= 0.6 is 13.4 Å². The lowest BCUT2D eigenvalue weighted by atomic mass is 9.89. The van der Waals surface area contributed by atoms with Crippen molar-refractivity contribution in [2.24, 2.45) is 17.6 Å². The number of urea groups is 1. The van der Waals surface area contributed by atoms with E-state index in [-0.39, 0.29) is 92.3 Å². The number of primary amides is 1. The maximum absolute atomic E-state index is 16.6. The van der Waals surface area contributed by atoms with Crippen molar-refractivity contribution in [3.63, 3.8) is 0 Å². The third kappa shape index (κ3) is 16.6. The van der Waals surface area contributed by atoms with Gasteiger partial charge in [0.2, 0.25) is 17.7 Å². The fraction of sp³-hybridized carbons (Fsp3) is 0.500. The van der Waals surface area contributed by atoms with Crippen LogP contribution in [0.3, 0.4) is 0 Å². The van der Waals surface area contributed by atoms with Gasteiger partial charge in [0.25, 0.3) is 11.8 Å². The predicted octanol–water partition coefficient (Wildman–Crippen LogP) is 0.462. The van der Waals surface area contributed by atoms with Crippen molar-refractivity contribution >= 4 is 130 Å². The van der Waals surface area contributed by atoms with Crippen LogP contribution in [0.1, 0.15) is 70.4 Å². The van der Waals surface area contributed by atoms with E-state index in [1.807, 2.05) is 0 Å². The number of nitrogens with one attached hydrogen (secondary N) is 4. The predicted molar refractivity (Wildman–Crippen MR) is 332 cm³/mol. The summed E-state index contributed by atoms with van der Waals surface area (Å²) in [5.41, 5.74) is 18.5. The number of amides is 8. The Hall–Kier alpha value is -8.20. The van der Waals surface area contributed by atoms with Crippen LogP contribution in [0.2, 0.25) is 0 Å². The molecule has 4 fully saturated rings. The molecule has 1 aromatic carbocycles. The summed E-state index contributed by atoms with van der Waals surface area (Å²) in [7, 11) is 0. The number of hydrogen-bond donors (Lipinski definition) is 9. The number of ether oxygens (including phenoxy) is 4. The number of esters is 1. The average molecular weight is 1400 g/mol. The van der Waals surface area contributed by atoms with Crippen LogP contribution in [0.15, 0.2) is 61.7 Å². The molecule has 36 nitrogen and oxygen atoms in total. The summed E-state index contributed by atoms with van der Waals surface area (Å²) in [5, 5.41) is 10.3. The Kier molecular flexibility index (Phi) is 21.9. The number of alkyl carbamates (subject to hydrolysis) is 1. The minimum atomic E-state index is -4.54. The molecule has 2 unspecified atom stereocenters. The minimum Gasteiger partial charge on any atom is -0.453 e. The molecule has 10 rings (SSSR count). The number of halogens is 1. The molecule has 0 radical (unpaired) electrons. The van der Waals surface area contributed by atoms with E-state index in [0.29, 0.717) is 17.7 Å². The van der Waals surface area contributed by atoms with Crippen LogP contribution in [0, 0.1) is 11.8 Å². The number of anilines is 3. The van der Waals surface area contributed by atoms with E-state index in [2.05, 4.69) is 51.2 Å². The number of benzene rings is 1. The number of hydrogen-bond acceptors (Lipinski definition) is 27. The lowest BCUT2D eigenvalue weighted by Gasteiger charge is -2.31. The van der Waals surface area contributed by atoms with E-state index in [9.17, 15) is 52.9 Å². The van der Waals surface area contributed by atoms with Gasteiger partial charge >= 0.3 is 31.5 Å². The first kappa shape index (κ1) is 69.6. The zero-order valence-electron chi connectivity index (χ0n) is 50.5. The molecule has 5 aliphatic rings. The average Bonchev–Trinajstić information content (AvgIpc) is 1.61. The van der Waals surface area contributed by atoms with Gasteiger partial charge in [-0.3, -0.25) is 51.8 Å². The monoisotopic (exact) mass is 1400 g/mol. The van der Waals surface area contributed by atoms with Crippen molar-refractivity contribution in [2.75, 3.05) is 56.2 Å². The number of carbonyl (C=O) groups is 9. The Morgan fingerprint density at radius 1 is 0.821 bits per heavy atom. The third-order valence-corrected chi connectivity index (χ3v) is 19.0. The molecule has 0 bridgehead atoms. The van der Waals surface area contributed by atoms with E-state index >= 15 is 4.39 Å². The topological polar surface area (TPSA) is 488 Å². The quantitative estimate of drug-likeness (QED) is 0.0197. The maximum Gasteiger partial charge on any atom is 0.407 e. The molecular formula is C54H66FN17O19P2S2. The molecule has 9 heterocycles. The number of nitrogens with zero attached hydrogens (tertiary/aromatic N) is 10. The Labute approximate surface area is 548 Å². The summed E-state index contributed by atoms with van der Waals surface area (Å²) in [6.45, 7) is -8.05. The molecule has 0 spiro atoms. The van der Waals surface area contributed by atoms with Gasteiger partial charge in [-0.25, -0.2) is 48.7 Å². The molecule has 4 aromatic heterocycles. The van der Waals surface area contributed by atoms with Gasteiger partial charge in [-0.1, -0.05) is 26.0 Å². The van der Waals surface area contributed by atoms with Crippen LogP contribution in [-0.2, 0) is 101 Å². The first-order valence-corrected chi connectivity index (χ1v) is 34.7. The van der Waals surface area contributed by atoms with Crippen LogP contribution in [0.5, 0.6) is 0 Å². The van der Waals surface area contributed by atoms with Gasteiger partial charge in [-0.05, 0) is 72.9 Å². The van der Waals surface area contributed by atoms with Crippen LogP contribution < -0.4 is 38.5 Å². The summed E-state index contributed by atoms with van der Waals surface area (Å²) >= 11 is 10.9. The van der Waals surface area contributed by atoms with E-state index in [1.165, 1.54) is 38.8 Å². The van der Waals surface area contributed by atoms with Crippen molar-refractivity contribution in [1.82, 2.24) is 64.8 Å². The van der Waals surface area contributed by atoms with Crippen LogP contribution in [0.4, 0.5) is 31.3 Å². The van der Waals surface area contributed by atoms with Crippen molar-refractivity contribution in [2.45, 2.75) is 120 Å². The Bertz CT molecular complexity index is 3890. The highest BCUT2D eigenvalue weighted by Crippen LogP contribution is 2.55. The summed E-state index contributed by atoms with van der Waals surface area (Å²) < 4.78 is 66.6. The van der Waals surface area contributed by atoms with E-state index in [0.717, 1.165) is 29.7 Å². The molecule has 510 valence electrons. The van der Waals surface area contributed by atoms with Crippen LogP contribution in [0.25, 0.3) is 22.3 Å². The van der Waals surface area contributed by atoms with Gasteiger partial charge < -0.3 is 81.1 Å². The Balaban J connectivity index is 0.756. The number of ketones is 1.